The molecule has 5 nitrogen and oxygen atoms in total. The highest BCUT2D eigenvalue weighted by molar-refractivity contribution is 6.04. The summed E-state index contributed by atoms with van der Waals surface area (Å²) in [6.45, 7) is 1.24. The lowest BCUT2D eigenvalue weighted by atomic mass is 10.1. The highest BCUT2D eigenvalue weighted by Crippen LogP contribution is 2.27. The number of ether oxygens (including phenoxy) is 2. The summed E-state index contributed by atoms with van der Waals surface area (Å²) < 4.78 is 48.8. The first-order valence-electron chi connectivity index (χ1n) is 8.61. The molecular formula is C19H19F3N2O3. The van der Waals surface area contributed by atoms with E-state index < -0.39 is 17.8 Å². The van der Waals surface area contributed by atoms with E-state index in [1.54, 1.807) is 24.3 Å². The second-order valence-corrected chi connectivity index (χ2v) is 6.21. The van der Waals surface area contributed by atoms with E-state index in [-0.39, 0.29) is 11.7 Å². The van der Waals surface area contributed by atoms with Gasteiger partial charge in [-0.1, -0.05) is 0 Å². The van der Waals surface area contributed by atoms with Gasteiger partial charge in [-0.2, -0.15) is 13.2 Å². The molecule has 1 fully saturated rings. The number of rotatable bonds is 5. The third kappa shape index (κ3) is 5.43. The van der Waals surface area contributed by atoms with Crippen LogP contribution in [-0.4, -0.2) is 30.2 Å². The molecule has 27 heavy (non-hydrogen) atoms. The third-order valence-corrected chi connectivity index (χ3v) is 4.14. The van der Waals surface area contributed by atoms with Gasteiger partial charge in [0.25, 0.3) is 5.91 Å². The average molecular weight is 380 g/mol. The van der Waals surface area contributed by atoms with Gasteiger partial charge in [0.2, 0.25) is 0 Å². The van der Waals surface area contributed by atoms with Crippen LogP contribution in [-0.2, 0) is 10.9 Å². The number of halogens is 3. The molecule has 0 spiro atoms. The molecule has 1 unspecified atom stereocenters. The fourth-order valence-electron chi connectivity index (χ4n) is 2.66. The van der Waals surface area contributed by atoms with Crippen LogP contribution in [0.4, 0.5) is 18.9 Å². The van der Waals surface area contributed by atoms with Crippen LogP contribution in [0.5, 0.6) is 5.75 Å². The van der Waals surface area contributed by atoms with Crippen molar-refractivity contribution >= 4 is 11.6 Å². The fraction of sp³-hybridized carbons (Fsp3) is 0.368. The molecule has 1 aliphatic rings. The van der Waals surface area contributed by atoms with Crippen molar-refractivity contribution in [2.24, 2.45) is 0 Å². The maximum absolute atomic E-state index is 12.5. The highest BCUT2D eigenvalue weighted by atomic mass is 19.4. The molecule has 0 bridgehead atoms. The van der Waals surface area contributed by atoms with Crippen molar-refractivity contribution in [1.82, 2.24) is 4.98 Å². The van der Waals surface area contributed by atoms with Crippen molar-refractivity contribution in [2.45, 2.75) is 31.5 Å². The second kappa shape index (κ2) is 8.39. The van der Waals surface area contributed by atoms with Crippen molar-refractivity contribution in [3.05, 3.63) is 53.9 Å². The Labute approximate surface area is 154 Å². The molecule has 1 atom stereocenters. The minimum Gasteiger partial charge on any atom is -0.491 e. The zero-order valence-electron chi connectivity index (χ0n) is 14.5. The Kier molecular flexibility index (Phi) is 5.95. The van der Waals surface area contributed by atoms with Gasteiger partial charge in [-0.15, -0.1) is 0 Å². The Bertz CT molecular complexity index is 755. The number of nitrogens with one attached hydrogen (secondary N) is 1. The zero-order chi connectivity index (χ0) is 19.3. The number of hydrogen-bond acceptors (Lipinski definition) is 4. The molecule has 0 aliphatic carbocycles. The number of aromatic nitrogens is 1. The SMILES string of the molecule is O=C(Nc1ccc(OCC2CCCCO2)cc1)c1ccc(C(F)(F)F)nc1. The van der Waals surface area contributed by atoms with Crippen LogP contribution in [0.3, 0.4) is 0 Å². The van der Waals surface area contributed by atoms with Crippen molar-refractivity contribution in [1.29, 1.82) is 0 Å². The van der Waals surface area contributed by atoms with Crippen LogP contribution in [0.25, 0.3) is 0 Å². The Morgan fingerprint density at radius 1 is 1.19 bits per heavy atom. The van der Waals surface area contributed by atoms with Crippen LogP contribution in [0.2, 0.25) is 0 Å². The van der Waals surface area contributed by atoms with E-state index >= 15 is 0 Å². The molecule has 1 amide bonds. The predicted octanol–water partition coefficient (Wildman–Crippen LogP) is 4.30. The zero-order valence-corrected chi connectivity index (χ0v) is 14.5. The normalized spacial score (nSPS) is 17.4. The summed E-state index contributed by atoms with van der Waals surface area (Å²) in [6, 6.07) is 8.61. The van der Waals surface area contributed by atoms with Gasteiger partial charge in [0.05, 0.1) is 11.7 Å². The molecule has 2 heterocycles. The van der Waals surface area contributed by atoms with E-state index in [4.69, 9.17) is 9.47 Å². The number of pyridine rings is 1. The van der Waals surface area contributed by atoms with E-state index in [2.05, 4.69) is 10.3 Å². The summed E-state index contributed by atoms with van der Waals surface area (Å²) >= 11 is 0. The van der Waals surface area contributed by atoms with Gasteiger partial charge in [-0.25, -0.2) is 0 Å². The first-order valence-corrected chi connectivity index (χ1v) is 8.61. The molecule has 0 radical (unpaired) electrons. The van der Waals surface area contributed by atoms with Gasteiger partial charge in [-0.05, 0) is 55.7 Å². The van der Waals surface area contributed by atoms with Gasteiger partial charge in [0.15, 0.2) is 0 Å². The maximum atomic E-state index is 12.5. The van der Waals surface area contributed by atoms with Gasteiger partial charge in [0, 0.05) is 18.5 Å². The first kappa shape index (κ1) is 19.2. The highest BCUT2D eigenvalue weighted by Gasteiger charge is 2.32. The van der Waals surface area contributed by atoms with Gasteiger partial charge in [0.1, 0.15) is 18.1 Å². The molecule has 1 aliphatic heterocycles. The van der Waals surface area contributed by atoms with Crippen molar-refractivity contribution in [3.63, 3.8) is 0 Å². The Morgan fingerprint density at radius 2 is 1.96 bits per heavy atom. The minimum atomic E-state index is -4.53. The number of alkyl halides is 3. The van der Waals surface area contributed by atoms with Crippen LogP contribution in [0.15, 0.2) is 42.6 Å². The van der Waals surface area contributed by atoms with Crippen LogP contribution >= 0.6 is 0 Å². The number of anilines is 1. The monoisotopic (exact) mass is 380 g/mol. The minimum absolute atomic E-state index is 0.0396. The summed E-state index contributed by atoms with van der Waals surface area (Å²) in [4.78, 5) is 15.4. The number of nitrogens with zero attached hydrogens (tertiary/aromatic N) is 1. The molecule has 1 saturated heterocycles. The van der Waals surface area contributed by atoms with Gasteiger partial charge in [-0.3, -0.25) is 9.78 Å². The lowest BCUT2D eigenvalue weighted by molar-refractivity contribution is -0.141. The lowest BCUT2D eigenvalue weighted by Crippen LogP contribution is -2.25. The summed E-state index contributed by atoms with van der Waals surface area (Å²) in [5.41, 5.74) is -0.499. The number of carbonyl (C=O) groups is 1. The van der Waals surface area contributed by atoms with E-state index in [9.17, 15) is 18.0 Å². The van der Waals surface area contributed by atoms with Crippen molar-refractivity contribution < 1.29 is 27.4 Å². The molecule has 3 rings (SSSR count). The Balaban J connectivity index is 1.53. The van der Waals surface area contributed by atoms with Gasteiger partial charge >= 0.3 is 6.18 Å². The summed E-state index contributed by atoms with van der Waals surface area (Å²) in [6.07, 6.45) is -0.329. The van der Waals surface area contributed by atoms with Crippen LogP contribution < -0.4 is 10.1 Å². The molecule has 1 aromatic heterocycles. The smallest absolute Gasteiger partial charge is 0.433 e. The van der Waals surface area contributed by atoms with Crippen molar-refractivity contribution in [3.8, 4) is 5.75 Å². The van der Waals surface area contributed by atoms with E-state index in [0.29, 0.717) is 18.0 Å². The molecule has 2 aromatic rings. The fourth-order valence-corrected chi connectivity index (χ4v) is 2.66. The van der Waals surface area contributed by atoms with Crippen LogP contribution in [0.1, 0.15) is 35.3 Å². The average Bonchev–Trinajstić information content (AvgIpc) is 2.68. The van der Waals surface area contributed by atoms with Gasteiger partial charge < -0.3 is 14.8 Å². The van der Waals surface area contributed by atoms with Crippen molar-refractivity contribution in [2.75, 3.05) is 18.5 Å². The first-order chi connectivity index (χ1) is 12.9. The van der Waals surface area contributed by atoms with Crippen LogP contribution in [0, 0.1) is 0 Å². The molecular weight excluding hydrogens is 361 g/mol. The third-order valence-electron chi connectivity index (χ3n) is 4.14. The lowest BCUT2D eigenvalue weighted by Gasteiger charge is -2.22. The number of hydrogen-bond donors (Lipinski definition) is 1. The summed E-state index contributed by atoms with van der Waals surface area (Å²) in [5, 5.41) is 2.61. The van der Waals surface area contributed by atoms with E-state index in [0.717, 1.165) is 44.2 Å². The molecule has 1 aromatic carbocycles. The predicted molar refractivity (Wildman–Crippen MR) is 92.7 cm³/mol. The largest absolute Gasteiger partial charge is 0.491 e. The summed E-state index contributed by atoms with van der Waals surface area (Å²) in [7, 11) is 0. The molecule has 8 heteroatoms. The standard InChI is InChI=1S/C19H19F3N2O3/c20-19(21,22)17-9-4-13(11-23-17)18(25)24-14-5-7-15(8-6-14)27-12-16-3-1-2-10-26-16/h4-9,11,16H,1-3,10,12H2,(H,24,25). The topological polar surface area (TPSA) is 60.5 Å². The van der Waals surface area contributed by atoms with E-state index in [1.165, 1.54) is 0 Å². The molecule has 0 saturated carbocycles. The second-order valence-electron chi connectivity index (χ2n) is 6.21. The molecule has 1 N–H and O–H groups in total. The number of benzene rings is 1. The number of carbonyl (C=O) groups excluding carboxylic acids is 1. The number of amides is 1. The maximum Gasteiger partial charge on any atom is 0.433 e. The molecule has 144 valence electrons. The summed E-state index contributed by atoms with van der Waals surface area (Å²) in [5.74, 6) is 0.110. The Morgan fingerprint density at radius 3 is 2.56 bits per heavy atom. The Hall–Kier alpha value is -2.61. The quantitative estimate of drug-likeness (QED) is 0.840. The van der Waals surface area contributed by atoms with E-state index in [1.807, 2.05) is 0 Å².